The van der Waals surface area contributed by atoms with Crippen molar-refractivity contribution in [1.82, 2.24) is 5.32 Å². The SMILES string of the molecule is CC(C)SCC(=O)NCC1Cc2ccccc2O1. The summed E-state index contributed by atoms with van der Waals surface area (Å²) < 4.78 is 5.76. The Bertz CT molecular complexity index is 395. The third-order valence-corrected chi connectivity index (χ3v) is 3.88. The topological polar surface area (TPSA) is 38.3 Å². The summed E-state index contributed by atoms with van der Waals surface area (Å²) in [5, 5.41) is 3.42. The highest BCUT2D eigenvalue weighted by molar-refractivity contribution is 8.00. The maximum Gasteiger partial charge on any atom is 0.230 e. The number of thioether (sulfide) groups is 1. The Hall–Kier alpha value is -1.16. The first-order valence-corrected chi connectivity index (χ1v) is 7.33. The lowest BCUT2D eigenvalue weighted by Gasteiger charge is -2.12. The summed E-state index contributed by atoms with van der Waals surface area (Å²) in [4.78, 5) is 11.6. The molecular weight excluding hydrogens is 246 g/mol. The molecule has 1 atom stereocenters. The molecule has 0 aliphatic carbocycles. The van der Waals surface area contributed by atoms with Crippen molar-refractivity contribution in [2.24, 2.45) is 0 Å². The van der Waals surface area contributed by atoms with Crippen molar-refractivity contribution in [2.45, 2.75) is 31.6 Å². The fraction of sp³-hybridized carbons (Fsp3) is 0.500. The van der Waals surface area contributed by atoms with Crippen LogP contribution in [0.15, 0.2) is 24.3 Å². The number of nitrogens with one attached hydrogen (secondary N) is 1. The molecule has 0 radical (unpaired) electrons. The molecule has 1 heterocycles. The van der Waals surface area contributed by atoms with Crippen molar-refractivity contribution in [3.8, 4) is 5.75 Å². The van der Waals surface area contributed by atoms with E-state index >= 15 is 0 Å². The Morgan fingerprint density at radius 3 is 3.00 bits per heavy atom. The zero-order chi connectivity index (χ0) is 13.0. The number of amides is 1. The Morgan fingerprint density at radius 1 is 1.50 bits per heavy atom. The van der Waals surface area contributed by atoms with E-state index in [0.717, 1.165) is 12.2 Å². The summed E-state index contributed by atoms with van der Waals surface area (Å²) in [5.74, 6) is 1.57. The van der Waals surface area contributed by atoms with Gasteiger partial charge in [-0.05, 0) is 16.9 Å². The van der Waals surface area contributed by atoms with Crippen molar-refractivity contribution >= 4 is 17.7 Å². The maximum absolute atomic E-state index is 11.6. The molecule has 0 spiro atoms. The van der Waals surface area contributed by atoms with Gasteiger partial charge in [-0.25, -0.2) is 0 Å². The fourth-order valence-electron chi connectivity index (χ4n) is 1.89. The van der Waals surface area contributed by atoms with Crippen LogP contribution in [0.25, 0.3) is 0 Å². The monoisotopic (exact) mass is 265 g/mol. The van der Waals surface area contributed by atoms with E-state index in [1.807, 2.05) is 18.2 Å². The number of benzene rings is 1. The maximum atomic E-state index is 11.6. The van der Waals surface area contributed by atoms with Gasteiger partial charge in [-0.1, -0.05) is 32.0 Å². The van der Waals surface area contributed by atoms with Crippen LogP contribution in [-0.2, 0) is 11.2 Å². The minimum atomic E-state index is 0.0791. The van der Waals surface area contributed by atoms with Gasteiger partial charge >= 0.3 is 0 Å². The van der Waals surface area contributed by atoms with Crippen molar-refractivity contribution in [3.05, 3.63) is 29.8 Å². The van der Waals surface area contributed by atoms with Crippen LogP contribution in [0.4, 0.5) is 0 Å². The first kappa shape index (κ1) is 13.3. The molecule has 18 heavy (non-hydrogen) atoms. The van der Waals surface area contributed by atoms with Crippen LogP contribution in [0.1, 0.15) is 19.4 Å². The molecule has 4 heteroatoms. The van der Waals surface area contributed by atoms with Crippen LogP contribution in [0.2, 0.25) is 0 Å². The van der Waals surface area contributed by atoms with Gasteiger partial charge in [0, 0.05) is 6.42 Å². The molecule has 3 nitrogen and oxygen atoms in total. The summed E-state index contributed by atoms with van der Waals surface area (Å²) in [6, 6.07) is 8.04. The van der Waals surface area contributed by atoms with Crippen LogP contribution < -0.4 is 10.1 Å². The minimum absolute atomic E-state index is 0.0791. The van der Waals surface area contributed by atoms with Crippen molar-refractivity contribution in [3.63, 3.8) is 0 Å². The molecule has 0 aromatic heterocycles. The summed E-state index contributed by atoms with van der Waals surface area (Å²) in [6.07, 6.45) is 0.962. The lowest BCUT2D eigenvalue weighted by Crippen LogP contribution is -2.35. The average Bonchev–Trinajstić information content (AvgIpc) is 2.76. The third-order valence-electron chi connectivity index (χ3n) is 2.79. The Balaban J connectivity index is 1.72. The standard InChI is InChI=1S/C14H19NO2S/c1-10(2)18-9-14(16)15-8-12-7-11-5-3-4-6-13(11)17-12/h3-6,10,12H,7-9H2,1-2H3,(H,15,16). The second-order valence-electron chi connectivity index (χ2n) is 4.72. The smallest absolute Gasteiger partial charge is 0.230 e. The van der Waals surface area contributed by atoms with E-state index in [1.165, 1.54) is 5.56 Å². The van der Waals surface area contributed by atoms with Crippen molar-refractivity contribution < 1.29 is 9.53 Å². The first-order valence-electron chi connectivity index (χ1n) is 6.28. The second-order valence-corrected chi connectivity index (χ2v) is 6.28. The number of para-hydroxylation sites is 1. The number of rotatable bonds is 5. The van der Waals surface area contributed by atoms with E-state index in [9.17, 15) is 4.79 Å². The summed E-state index contributed by atoms with van der Waals surface area (Å²) in [7, 11) is 0. The highest BCUT2D eigenvalue weighted by atomic mass is 32.2. The molecule has 0 saturated heterocycles. The fourth-order valence-corrected chi connectivity index (χ4v) is 2.48. The van der Waals surface area contributed by atoms with E-state index in [1.54, 1.807) is 11.8 Å². The van der Waals surface area contributed by atoms with Crippen LogP contribution in [0, 0.1) is 0 Å². The van der Waals surface area contributed by atoms with Crippen molar-refractivity contribution in [1.29, 1.82) is 0 Å². The number of ether oxygens (including phenoxy) is 1. The molecule has 1 unspecified atom stereocenters. The molecule has 1 aliphatic rings. The normalized spacial score (nSPS) is 17.4. The van der Waals surface area contributed by atoms with E-state index in [-0.39, 0.29) is 12.0 Å². The van der Waals surface area contributed by atoms with Gasteiger partial charge in [0.15, 0.2) is 0 Å². The molecule has 1 amide bonds. The van der Waals surface area contributed by atoms with Gasteiger partial charge in [0.25, 0.3) is 0 Å². The third kappa shape index (κ3) is 3.67. The number of carbonyl (C=O) groups excluding carboxylic acids is 1. The average molecular weight is 265 g/mol. The van der Waals surface area contributed by atoms with Gasteiger partial charge in [0.05, 0.1) is 12.3 Å². The molecular formula is C14H19NO2S. The summed E-state index contributed by atoms with van der Waals surface area (Å²) >= 11 is 1.66. The number of carbonyl (C=O) groups is 1. The predicted molar refractivity (Wildman–Crippen MR) is 75.2 cm³/mol. The molecule has 1 N–H and O–H groups in total. The minimum Gasteiger partial charge on any atom is -0.488 e. The summed E-state index contributed by atoms with van der Waals surface area (Å²) in [6.45, 7) is 4.77. The molecule has 1 aliphatic heterocycles. The molecule has 0 bridgehead atoms. The number of fused-ring (bicyclic) bond motifs is 1. The van der Waals surface area contributed by atoms with Gasteiger partial charge in [0.1, 0.15) is 11.9 Å². The molecule has 0 fully saturated rings. The highest BCUT2D eigenvalue weighted by Crippen LogP contribution is 2.27. The lowest BCUT2D eigenvalue weighted by atomic mass is 10.1. The molecule has 2 rings (SSSR count). The van der Waals surface area contributed by atoms with Crippen LogP contribution >= 0.6 is 11.8 Å². The Kier molecular flexibility index (Phi) is 4.53. The zero-order valence-electron chi connectivity index (χ0n) is 10.8. The van der Waals surface area contributed by atoms with Gasteiger partial charge in [0.2, 0.25) is 5.91 Å². The molecule has 98 valence electrons. The molecule has 0 saturated carbocycles. The van der Waals surface area contributed by atoms with Gasteiger partial charge in [-0.2, -0.15) is 0 Å². The quantitative estimate of drug-likeness (QED) is 0.887. The van der Waals surface area contributed by atoms with Gasteiger partial charge in [-0.15, -0.1) is 11.8 Å². The lowest BCUT2D eigenvalue weighted by molar-refractivity contribution is -0.118. The Labute approximate surface area is 112 Å². The van der Waals surface area contributed by atoms with Crippen molar-refractivity contribution in [2.75, 3.05) is 12.3 Å². The molecule has 1 aromatic carbocycles. The Morgan fingerprint density at radius 2 is 2.28 bits per heavy atom. The largest absolute Gasteiger partial charge is 0.488 e. The second kappa shape index (κ2) is 6.14. The van der Waals surface area contributed by atoms with E-state index in [0.29, 0.717) is 17.5 Å². The van der Waals surface area contributed by atoms with Crippen LogP contribution in [0.3, 0.4) is 0 Å². The van der Waals surface area contributed by atoms with Crippen LogP contribution in [0.5, 0.6) is 5.75 Å². The van der Waals surface area contributed by atoms with Crippen LogP contribution in [-0.4, -0.2) is 29.6 Å². The molecule has 1 aromatic rings. The van der Waals surface area contributed by atoms with E-state index < -0.39 is 0 Å². The predicted octanol–water partition coefficient (Wildman–Crippen LogP) is 2.25. The highest BCUT2D eigenvalue weighted by Gasteiger charge is 2.22. The first-order chi connectivity index (χ1) is 8.65. The number of hydrogen-bond acceptors (Lipinski definition) is 3. The summed E-state index contributed by atoms with van der Waals surface area (Å²) in [5.41, 5.74) is 1.23. The van der Waals surface area contributed by atoms with Gasteiger partial charge in [-0.3, -0.25) is 4.79 Å². The van der Waals surface area contributed by atoms with E-state index in [4.69, 9.17) is 4.74 Å². The number of hydrogen-bond donors (Lipinski definition) is 1. The van der Waals surface area contributed by atoms with E-state index in [2.05, 4.69) is 25.2 Å². The van der Waals surface area contributed by atoms with Gasteiger partial charge < -0.3 is 10.1 Å². The zero-order valence-corrected chi connectivity index (χ0v) is 11.6.